The van der Waals surface area contributed by atoms with E-state index in [-0.39, 0.29) is 11.9 Å². The fraction of sp³-hybridized carbons (Fsp3) is 0.944. The van der Waals surface area contributed by atoms with Crippen molar-refractivity contribution in [1.29, 1.82) is 0 Å². The van der Waals surface area contributed by atoms with E-state index in [4.69, 9.17) is 4.74 Å². The van der Waals surface area contributed by atoms with Crippen LogP contribution in [0, 0.1) is 17.8 Å². The largest absolute Gasteiger partial charge is 0.466 e. The van der Waals surface area contributed by atoms with E-state index in [1.54, 1.807) is 0 Å². The monoisotopic (exact) mass is 282 g/mol. The third-order valence-electron chi connectivity index (χ3n) is 4.67. The maximum Gasteiger partial charge on any atom is 0.309 e. The number of rotatable bonds is 12. The standard InChI is InChI=1S/C18H34O2/c1-4-7-9-11-13-15-16(14-12-10-8-5-2)17(15)18(19)20-6-3/h15-17H,4-14H2,1-3H3. The number of ether oxygens (including phenoxy) is 1. The molecule has 0 aromatic rings. The average molecular weight is 282 g/mol. The molecule has 0 aromatic carbocycles. The first kappa shape index (κ1) is 17.5. The molecule has 118 valence electrons. The first-order valence-corrected chi connectivity index (χ1v) is 8.92. The van der Waals surface area contributed by atoms with E-state index in [2.05, 4.69) is 13.8 Å². The highest BCUT2D eigenvalue weighted by molar-refractivity contribution is 5.76. The van der Waals surface area contributed by atoms with Crippen molar-refractivity contribution in [2.24, 2.45) is 17.8 Å². The number of esters is 1. The Morgan fingerprint density at radius 3 is 1.70 bits per heavy atom. The fourth-order valence-electron chi connectivity index (χ4n) is 3.43. The van der Waals surface area contributed by atoms with Gasteiger partial charge in [0.2, 0.25) is 0 Å². The summed E-state index contributed by atoms with van der Waals surface area (Å²) in [7, 11) is 0. The summed E-state index contributed by atoms with van der Waals surface area (Å²) < 4.78 is 5.24. The van der Waals surface area contributed by atoms with E-state index >= 15 is 0 Å². The van der Waals surface area contributed by atoms with Gasteiger partial charge in [-0.3, -0.25) is 4.79 Å². The number of carbonyl (C=O) groups is 1. The van der Waals surface area contributed by atoms with Crippen molar-refractivity contribution >= 4 is 5.97 Å². The molecule has 1 rings (SSSR count). The molecule has 1 aliphatic rings. The molecule has 1 saturated carbocycles. The highest BCUT2D eigenvalue weighted by Gasteiger charge is 2.53. The second-order valence-corrected chi connectivity index (χ2v) is 6.30. The third-order valence-corrected chi connectivity index (χ3v) is 4.67. The molecule has 2 unspecified atom stereocenters. The predicted octanol–water partition coefficient (Wildman–Crippen LogP) is 5.35. The van der Waals surface area contributed by atoms with Crippen molar-refractivity contribution in [2.45, 2.75) is 85.0 Å². The van der Waals surface area contributed by atoms with Crippen molar-refractivity contribution in [3.8, 4) is 0 Å². The van der Waals surface area contributed by atoms with Crippen molar-refractivity contribution in [1.82, 2.24) is 0 Å². The van der Waals surface area contributed by atoms with E-state index in [0.717, 1.165) is 0 Å². The molecule has 0 N–H and O–H groups in total. The van der Waals surface area contributed by atoms with Gasteiger partial charge in [0.25, 0.3) is 0 Å². The van der Waals surface area contributed by atoms with Crippen LogP contribution in [-0.4, -0.2) is 12.6 Å². The van der Waals surface area contributed by atoms with Gasteiger partial charge >= 0.3 is 5.97 Å². The summed E-state index contributed by atoms with van der Waals surface area (Å²) in [5, 5.41) is 0. The Hall–Kier alpha value is -0.530. The summed E-state index contributed by atoms with van der Waals surface area (Å²) in [6.45, 7) is 6.93. The topological polar surface area (TPSA) is 26.3 Å². The maximum atomic E-state index is 12.0. The minimum Gasteiger partial charge on any atom is -0.466 e. The van der Waals surface area contributed by atoms with Crippen LogP contribution in [0.1, 0.15) is 85.0 Å². The van der Waals surface area contributed by atoms with Crippen LogP contribution in [0.2, 0.25) is 0 Å². The lowest BCUT2D eigenvalue weighted by Crippen LogP contribution is -2.08. The van der Waals surface area contributed by atoms with Crippen LogP contribution < -0.4 is 0 Å². The van der Waals surface area contributed by atoms with Gasteiger partial charge in [0.15, 0.2) is 0 Å². The molecule has 0 bridgehead atoms. The molecule has 1 fully saturated rings. The van der Waals surface area contributed by atoms with Crippen LogP contribution >= 0.6 is 0 Å². The Balaban J connectivity index is 2.28. The second kappa shape index (κ2) is 10.2. The molecule has 0 spiro atoms. The minimum absolute atomic E-state index is 0.0773. The van der Waals surface area contributed by atoms with Crippen molar-refractivity contribution < 1.29 is 9.53 Å². The molecule has 2 heteroatoms. The first-order chi connectivity index (χ1) is 9.76. The summed E-state index contributed by atoms with van der Waals surface area (Å²) in [4.78, 5) is 12.0. The van der Waals surface area contributed by atoms with Crippen molar-refractivity contribution in [2.75, 3.05) is 6.61 Å². The van der Waals surface area contributed by atoms with Gasteiger partial charge in [0.05, 0.1) is 12.5 Å². The molecule has 0 heterocycles. The SMILES string of the molecule is CCCCCCC1C(CCCCCC)C1C(=O)OCC. The van der Waals surface area contributed by atoms with Gasteiger partial charge in [-0.05, 0) is 31.6 Å². The molecule has 2 atom stereocenters. The Morgan fingerprint density at radius 1 is 0.800 bits per heavy atom. The number of hydrogen-bond acceptors (Lipinski definition) is 2. The molecule has 1 aliphatic carbocycles. The highest BCUT2D eigenvalue weighted by atomic mass is 16.5. The summed E-state index contributed by atoms with van der Waals surface area (Å²) in [5.41, 5.74) is 0. The Bertz CT molecular complexity index is 244. The number of hydrogen-bond donors (Lipinski definition) is 0. The molecule has 0 aromatic heterocycles. The fourth-order valence-corrected chi connectivity index (χ4v) is 3.43. The van der Waals surface area contributed by atoms with Crippen molar-refractivity contribution in [3.05, 3.63) is 0 Å². The highest BCUT2D eigenvalue weighted by Crippen LogP contribution is 2.53. The van der Waals surface area contributed by atoms with E-state index in [1.807, 2.05) is 6.92 Å². The summed E-state index contributed by atoms with van der Waals surface area (Å²) in [6.07, 6.45) is 12.9. The van der Waals surface area contributed by atoms with Crippen LogP contribution in [0.25, 0.3) is 0 Å². The van der Waals surface area contributed by atoms with Gasteiger partial charge in [-0.25, -0.2) is 0 Å². The van der Waals surface area contributed by atoms with Gasteiger partial charge in [-0.15, -0.1) is 0 Å². The normalized spacial score (nSPS) is 24.6. The van der Waals surface area contributed by atoms with Gasteiger partial charge in [-0.2, -0.15) is 0 Å². The van der Waals surface area contributed by atoms with Crippen LogP contribution in [0.4, 0.5) is 0 Å². The smallest absolute Gasteiger partial charge is 0.309 e. The lowest BCUT2D eigenvalue weighted by atomic mass is 10.1. The zero-order valence-corrected chi connectivity index (χ0v) is 13.8. The van der Waals surface area contributed by atoms with Crippen LogP contribution in [-0.2, 0) is 9.53 Å². The molecule has 0 saturated heterocycles. The summed E-state index contributed by atoms with van der Waals surface area (Å²) in [5.74, 6) is 1.58. The van der Waals surface area contributed by atoms with Gasteiger partial charge in [0, 0.05) is 0 Å². The first-order valence-electron chi connectivity index (χ1n) is 8.92. The zero-order chi connectivity index (χ0) is 14.8. The van der Waals surface area contributed by atoms with Crippen LogP contribution in [0.5, 0.6) is 0 Å². The Morgan fingerprint density at radius 2 is 1.30 bits per heavy atom. The quantitative estimate of drug-likeness (QED) is 0.356. The third kappa shape index (κ3) is 5.85. The van der Waals surface area contributed by atoms with Gasteiger partial charge < -0.3 is 4.74 Å². The average Bonchev–Trinajstić information content (AvgIpc) is 3.13. The summed E-state index contributed by atoms with van der Waals surface area (Å²) >= 11 is 0. The predicted molar refractivity (Wildman–Crippen MR) is 84.6 cm³/mol. The molecule has 0 aliphatic heterocycles. The molecular formula is C18H34O2. The molecule has 2 nitrogen and oxygen atoms in total. The maximum absolute atomic E-state index is 12.0. The zero-order valence-electron chi connectivity index (χ0n) is 13.8. The lowest BCUT2D eigenvalue weighted by Gasteiger charge is -2.00. The van der Waals surface area contributed by atoms with Gasteiger partial charge in [-0.1, -0.05) is 65.2 Å². The van der Waals surface area contributed by atoms with Crippen molar-refractivity contribution in [3.63, 3.8) is 0 Å². The van der Waals surface area contributed by atoms with Crippen LogP contribution in [0.3, 0.4) is 0 Å². The summed E-state index contributed by atoms with van der Waals surface area (Å²) in [6, 6.07) is 0. The Labute approximate surface area is 125 Å². The van der Waals surface area contributed by atoms with E-state index in [1.165, 1.54) is 64.2 Å². The van der Waals surface area contributed by atoms with E-state index in [9.17, 15) is 4.79 Å². The molecule has 0 radical (unpaired) electrons. The number of unbranched alkanes of at least 4 members (excludes halogenated alkanes) is 6. The van der Waals surface area contributed by atoms with Crippen LogP contribution in [0.15, 0.2) is 0 Å². The minimum atomic E-state index is 0.0773. The number of carbonyl (C=O) groups excluding carboxylic acids is 1. The molecular weight excluding hydrogens is 248 g/mol. The molecule has 0 amide bonds. The van der Waals surface area contributed by atoms with E-state index in [0.29, 0.717) is 18.4 Å². The lowest BCUT2D eigenvalue weighted by molar-refractivity contribution is -0.145. The second-order valence-electron chi connectivity index (χ2n) is 6.30. The van der Waals surface area contributed by atoms with Gasteiger partial charge in [0.1, 0.15) is 0 Å². The van der Waals surface area contributed by atoms with E-state index < -0.39 is 0 Å². The Kier molecular flexibility index (Phi) is 8.97. The molecule has 20 heavy (non-hydrogen) atoms.